The highest BCUT2D eigenvalue weighted by atomic mass is 19.4. The zero-order valence-electron chi connectivity index (χ0n) is 15.0. The van der Waals surface area contributed by atoms with Gasteiger partial charge >= 0.3 is 6.36 Å². The maximum absolute atomic E-state index is 12.8. The third kappa shape index (κ3) is 4.58. The number of benzene rings is 1. The molecule has 0 saturated carbocycles. The molecule has 0 fully saturated rings. The Morgan fingerprint density at radius 1 is 1.25 bits per heavy atom. The number of alkyl halides is 3. The molecular formula is C18H17F3N4O3. The number of aryl methyl sites for hydroxylation is 1. The average molecular weight is 394 g/mol. The summed E-state index contributed by atoms with van der Waals surface area (Å²) in [6.45, 7) is 1.91. The van der Waals surface area contributed by atoms with Crippen LogP contribution in [0.15, 0.2) is 42.6 Å². The van der Waals surface area contributed by atoms with E-state index in [9.17, 15) is 18.0 Å². The van der Waals surface area contributed by atoms with Crippen molar-refractivity contribution in [2.75, 3.05) is 13.7 Å². The quantitative estimate of drug-likeness (QED) is 0.695. The van der Waals surface area contributed by atoms with Gasteiger partial charge < -0.3 is 14.8 Å². The van der Waals surface area contributed by atoms with Crippen LogP contribution >= 0.6 is 0 Å². The molecule has 148 valence electrons. The molecule has 1 atom stereocenters. The second-order valence-electron chi connectivity index (χ2n) is 5.98. The van der Waals surface area contributed by atoms with Crippen LogP contribution in [-0.2, 0) is 4.74 Å². The number of halogens is 3. The van der Waals surface area contributed by atoms with E-state index in [-0.39, 0.29) is 18.1 Å². The van der Waals surface area contributed by atoms with Crippen molar-refractivity contribution in [3.05, 3.63) is 59.5 Å². The second-order valence-corrected chi connectivity index (χ2v) is 5.98. The molecule has 0 spiro atoms. The van der Waals surface area contributed by atoms with Gasteiger partial charge in [-0.1, -0.05) is 12.1 Å². The molecule has 1 N–H and O–H groups in total. The zero-order chi connectivity index (χ0) is 20.3. The van der Waals surface area contributed by atoms with Gasteiger partial charge in [-0.15, -0.1) is 13.2 Å². The summed E-state index contributed by atoms with van der Waals surface area (Å²) in [6, 6.07) is 7.91. The van der Waals surface area contributed by atoms with Gasteiger partial charge in [0.1, 0.15) is 11.4 Å². The van der Waals surface area contributed by atoms with Crippen LogP contribution in [0.4, 0.5) is 13.2 Å². The van der Waals surface area contributed by atoms with Crippen LogP contribution < -0.4 is 10.1 Å². The molecule has 0 aliphatic rings. The topological polar surface area (TPSA) is 77.8 Å². The lowest BCUT2D eigenvalue weighted by Gasteiger charge is -2.19. The Balaban J connectivity index is 1.81. The summed E-state index contributed by atoms with van der Waals surface area (Å²) in [5, 5.41) is 7.05. The Hall–Kier alpha value is -3.14. The number of carbonyl (C=O) groups is 1. The number of amides is 1. The van der Waals surface area contributed by atoms with Gasteiger partial charge in [-0.05, 0) is 30.7 Å². The van der Waals surface area contributed by atoms with Gasteiger partial charge in [-0.25, -0.2) is 9.50 Å². The third-order valence-corrected chi connectivity index (χ3v) is 3.87. The molecule has 0 saturated heterocycles. The Bertz CT molecular complexity index is 970. The molecule has 1 unspecified atom stereocenters. The molecule has 1 aromatic carbocycles. The van der Waals surface area contributed by atoms with Crippen LogP contribution in [0.5, 0.6) is 5.75 Å². The monoisotopic (exact) mass is 394 g/mol. The van der Waals surface area contributed by atoms with Gasteiger partial charge in [0, 0.05) is 19.4 Å². The maximum atomic E-state index is 12.8. The summed E-state index contributed by atoms with van der Waals surface area (Å²) in [7, 11) is 1.46. The molecule has 3 rings (SSSR count). The Morgan fingerprint density at radius 2 is 1.96 bits per heavy atom. The minimum atomic E-state index is -4.77. The largest absolute Gasteiger partial charge is 0.573 e. The Morgan fingerprint density at radius 3 is 2.61 bits per heavy atom. The summed E-state index contributed by atoms with van der Waals surface area (Å²) in [5.74, 6) is -0.769. The van der Waals surface area contributed by atoms with E-state index >= 15 is 0 Å². The molecule has 0 aliphatic carbocycles. The third-order valence-electron chi connectivity index (χ3n) is 3.87. The van der Waals surface area contributed by atoms with Crippen molar-refractivity contribution in [3.8, 4) is 5.75 Å². The number of rotatable bonds is 6. The average Bonchev–Trinajstić information content (AvgIpc) is 3.00. The van der Waals surface area contributed by atoms with Gasteiger partial charge in [-0.2, -0.15) is 5.10 Å². The predicted octanol–water partition coefficient (Wildman–Crippen LogP) is 3.05. The van der Waals surface area contributed by atoms with Gasteiger partial charge in [0.2, 0.25) is 0 Å². The van der Waals surface area contributed by atoms with E-state index in [1.807, 2.05) is 0 Å². The number of fused-ring (bicyclic) bond motifs is 1. The standard InChI is InChI=1S/C18H17F3N4O3/c1-11-9-16-22-8-7-15(25(16)24-11)17(26)23-14(10-27-2)12-3-5-13(6-4-12)28-18(19,20)21/h3-9,14H,10H2,1-2H3,(H,23,26). The summed E-state index contributed by atoms with van der Waals surface area (Å²) in [5.41, 5.74) is 2.08. The first kappa shape index (κ1) is 19.6. The van der Waals surface area contributed by atoms with Crippen molar-refractivity contribution in [1.29, 1.82) is 0 Å². The highest BCUT2D eigenvalue weighted by molar-refractivity contribution is 5.93. The van der Waals surface area contributed by atoms with E-state index in [4.69, 9.17) is 4.74 Å². The van der Waals surface area contributed by atoms with E-state index in [1.54, 1.807) is 13.0 Å². The Labute approximate surface area is 158 Å². The van der Waals surface area contributed by atoms with Gasteiger partial charge in [0.25, 0.3) is 5.91 Å². The second kappa shape index (κ2) is 7.85. The van der Waals surface area contributed by atoms with E-state index in [1.165, 1.54) is 48.2 Å². The fourth-order valence-corrected chi connectivity index (χ4v) is 2.70. The first-order chi connectivity index (χ1) is 13.3. The first-order valence-electron chi connectivity index (χ1n) is 8.24. The molecule has 2 aromatic heterocycles. The zero-order valence-corrected chi connectivity index (χ0v) is 15.0. The number of hydrogen-bond acceptors (Lipinski definition) is 5. The molecule has 10 heteroatoms. The summed E-state index contributed by atoms with van der Waals surface area (Å²) in [6.07, 6.45) is -3.27. The van der Waals surface area contributed by atoms with Crippen LogP contribution in [-0.4, -0.2) is 40.6 Å². The van der Waals surface area contributed by atoms with Crippen LogP contribution in [0, 0.1) is 6.92 Å². The van der Waals surface area contributed by atoms with Crippen molar-refractivity contribution in [2.45, 2.75) is 19.3 Å². The van der Waals surface area contributed by atoms with E-state index in [0.29, 0.717) is 16.9 Å². The van der Waals surface area contributed by atoms with Gasteiger partial charge in [0.15, 0.2) is 5.65 Å². The number of carbonyl (C=O) groups excluding carboxylic acids is 1. The molecule has 2 heterocycles. The summed E-state index contributed by atoms with van der Waals surface area (Å²) in [4.78, 5) is 16.9. The fraction of sp³-hybridized carbons (Fsp3) is 0.278. The number of hydrogen-bond donors (Lipinski definition) is 1. The van der Waals surface area contributed by atoms with Gasteiger partial charge in [0.05, 0.1) is 18.3 Å². The van der Waals surface area contributed by atoms with Crippen LogP contribution in [0.2, 0.25) is 0 Å². The van der Waals surface area contributed by atoms with Crippen molar-refractivity contribution in [1.82, 2.24) is 19.9 Å². The van der Waals surface area contributed by atoms with E-state index in [0.717, 1.165) is 0 Å². The highest BCUT2D eigenvalue weighted by Gasteiger charge is 2.31. The number of nitrogens with one attached hydrogen (secondary N) is 1. The lowest BCUT2D eigenvalue weighted by Crippen LogP contribution is -2.32. The van der Waals surface area contributed by atoms with Crippen LogP contribution in [0.25, 0.3) is 5.65 Å². The molecule has 0 bridgehead atoms. The molecule has 28 heavy (non-hydrogen) atoms. The minimum absolute atomic E-state index is 0.123. The first-order valence-corrected chi connectivity index (χ1v) is 8.24. The van der Waals surface area contributed by atoms with Crippen molar-refractivity contribution in [3.63, 3.8) is 0 Å². The summed E-state index contributed by atoms with van der Waals surface area (Å²) < 4.78 is 47.3. The Kier molecular flexibility index (Phi) is 5.50. The summed E-state index contributed by atoms with van der Waals surface area (Å²) >= 11 is 0. The molecule has 1 amide bonds. The number of methoxy groups -OCH3 is 1. The van der Waals surface area contributed by atoms with Crippen molar-refractivity contribution >= 4 is 11.6 Å². The lowest BCUT2D eigenvalue weighted by atomic mass is 10.1. The van der Waals surface area contributed by atoms with Crippen molar-refractivity contribution in [2.24, 2.45) is 0 Å². The molecule has 0 aliphatic heterocycles. The molecule has 3 aromatic rings. The highest BCUT2D eigenvalue weighted by Crippen LogP contribution is 2.24. The molecule has 0 radical (unpaired) electrons. The lowest BCUT2D eigenvalue weighted by molar-refractivity contribution is -0.274. The SMILES string of the molecule is COCC(NC(=O)c1ccnc2cc(C)nn12)c1ccc(OC(F)(F)F)cc1. The van der Waals surface area contributed by atoms with E-state index < -0.39 is 18.3 Å². The number of aromatic nitrogens is 3. The smallest absolute Gasteiger partial charge is 0.406 e. The molecule has 7 nitrogen and oxygen atoms in total. The van der Waals surface area contributed by atoms with Crippen LogP contribution in [0.1, 0.15) is 27.8 Å². The number of ether oxygens (including phenoxy) is 2. The maximum Gasteiger partial charge on any atom is 0.573 e. The van der Waals surface area contributed by atoms with Crippen LogP contribution in [0.3, 0.4) is 0 Å². The number of nitrogens with zero attached hydrogens (tertiary/aromatic N) is 3. The minimum Gasteiger partial charge on any atom is -0.406 e. The van der Waals surface area contributed by atoms with Gasteiger partial charge in [-0.3, -0.25) is 4.79 Å². The van der Waals surface area contributed by atoms with Crippen molar-refractivity contribution < 1.29 is 27.4 Å². The molecular weight excluding hydrogens is 377 g/mol. The fourth-order valence-electron chi connectivity index (χ4n) is 2.70. The predicted molar refractivity (Wildman–Crippen MR) is 92.9 cm³/mol. The normalized spacial score (nSPS) is 12.8. The van der Waals surface area contributed by atoms with E-state index in [2.05, 4.69) is 20.1 Å².